The van der Waals surface area contributed by atoms with Gasteiger partial charge in [-0.2, -0.15) is 0 Å². The van der Waals surface area contributed by atoms with Crippen LogP contribution in [0.1, 0.15) is 0 Å². The summed E-state index contributed by atoms with van der Waals surface area (Å²) >= 11 is 4.01. The summed E-state index contributed by atoms with van der Waals surface area (Å²) in [6.07, 6.45) is 0. The van der Waals surface area contributed by atoms with Crippen LogP contribution >= 0.6 is 45.2 Å². The van der Waals surface area contributed by atoms with Crippen molar-refractivity contribution >= 4 is 49.1 Å². The van der Waals surface area contributed by atoms with Crippen molar-refractivity contribution in [2.24, 2.45) is 0 Å². The Balaban J connectivity index is 3.32. The summed E-state index contributed by atoms with van der Waals surface area (Å²) in [7, 11) is 1.80. The van der Waals surface area contributed by atoms with Gasteiger partial charge in [-0.3, -0.25) is 4.79 Å². The predicted molar refractivity (Wildman–Crippen MR) is 50.9 cm³/mol. The Morgan fingerprint density at radius 2 is 2.25 bits per heavy atom. The van der Waals surface area contributed by atoms with Crippen LogP contribution in [0.5, 0.6) is 0 Å². The van der Waals surface area contributed by atoms with Crippen molar-refractivity contribution in [3.8, 4) is 0 Å². The molecule has 0 saturated carbocycles. The molecule has 0 aliphatic rings. The molecule has 0 radical (unpaired) electrons. The van der Waals surface area contributed by atoms with Crippen LogP contribution in [0.4, 0.5) is 4.79 Å². The zero-order valence-electron chi connectivity index (χ0n) is 4.53. The minimum atomic E-state index is 0.110. The molecule has 0 aromatic rings. The van der Waals surface area contributed by atoms with Gasteiger partial charge in [0, 0.05) is 40.6 Å². The molecular formula is C4H7I2NO. The first-order valence-electron chi connectivity index (χ1n) is 2.15. The summed E-state index contributed by atoms with van der Waals surface area (Å²) in [6, 6.07) is 0. The van der Waals surface area contributed by atoms with Gasteiger partial charge in [0.1, 0.15) is 0 Å². The molecule has 0 unspecified atom stereocenters. The maximum Gasteiger partial charge on any atom is 0.282 e. The van der Waals surface area contributed by atoms with Gasteiger partial charge in [0.05, 0.1) is 0 Å². The number of halogens is 2. The first-order valence-corrected chi connectivity index (χ1v) is 4.75. The van der Waals surface area contributed by atoms with E-state index < -0.39 is 0 Å². The third-order valence-corrected chi connectivity index (χ3v) is 2.03. The molecule has 0 aliphatic heterocycles. The number of hydrogen-bond donors (Lipinski definition) is 0. The standard InChI is InChI=1S/C4H7I2NO/c1-7(3-2-5)4(6)8/h2-3H2,1H3. The number of amides is 1. The average molecular weight is 339 g/mol. The number of carbonyl (C=O) groups is 1. The van der Waals surface area contributed by atoms with Crippen molar-refractivity contribution < 1.29 is 4.79 Å². The summed E-state index contributed by atoms with van der Waals surface area (Å²) in [5, 5.41) is 0. The number of nitrogens with zero attached hydrogens (tertiary/aromatic N) is 1. The van der Waals surface area contributed by atoms with E-state index >= 15 is 0 Å². The Hall–Kier alpha value is 0.930. The normalized spacial score (nSPS) is 8.88. The zero-order valence-corrected chi connectivity index (χ0v) is 8.84. The minimum Gasteiger partial charge on any atom is -0.336 e. The molecular weight excluding hydrogens is 332 g/mol. The summed E-state index contributed by atoms with van der Waals surface area (Å²) in [4.78, 5) is 12.1. The second kappa shape index (κ2) is 4.78. The molecule has 0 atom stereocenters. The van der Waals surface area contributed by atoms with Gasteiger partial charge in [-0.05, 0) is 0 Å². The van der Waals surface area contributed by atoms with E-state index in [1.807, 2.05) is 0 Å². The predicted octanol–water partition coefficient (Wildman–Crippen LogP) is 1.91. The van der Waals surface area contributed by atoms with Crippen molar-refractivity contribution in [1.29, 1.82) is 0 Å². The van der Waals surface area contributed by atoms with Crippen LogP contribution < -0.4 is 0 Å². The highest BCUT2D eigenvalue weighted by Crippen LogP contribution is 1.95. The van der Waals surface area contributed by atoms with Crippen LogP contribution in [0, 0.1) is 0 Å². The fraction of sp³-hybridized carbons (Fsp3) is 0.750. The Morgan fingerprint density at radius 1 is 1.75 bits per heavy atom. The fourth-order valence-corrected chi connectivity index (χ4v) is 1.18. The second-order valence-electron chi connectivity index (χ2n) is 1.36. The molecule has 0 aromatic heterocycles. The highest BCUT2D eigenvalue weighted by Gasteiger charge is 1.99. The van der Waals surface area contributed by atoms with Crippen LogP contribution in [0.15, 0.2) is 0 Å². The van der Waals surface area contributed by atoms with Gasteiger partial charge < -0.3 is 4.90 Å². The number of carbonyl (C=O) groups excluding carboxylic acids is 1. The third-order valence-electron chi connectivity index (χ3n) is 0.720. The van der Waals surface area contributed by atoms with E-state index in [4.69, 9.17) is 0 Å². The molecule has 0 fully saturated rings. The molecule has 0 bridgehead atoms. The molecule has 1 amide bonds. The largest absolute Gasteiger partial charge is 0.336 e. The van der Waals surface area contributed by atoms with E-state index in [1.54, 1.807) is 34.5 Å². The molecule has 0 rings (SSSR count). The first kappa shape index (κ1) is 8.93. The quantitative estimate of drug-likeness (QED) is 0.326. The van der Waals surface area contributed by atoms with Crippen LogP contribution in [-0.4, -0.2) is 26.8 Å². The lowest BCUT2D eigenvalue weighted by Gasteiger charge is -2.09. The molecule has 0 N–H and O–H groups in total. The molecule has 0 aliphatic carbocycles. The van der Waals surface area contributed by atoms with Gasteiger partial charge in [-0.25, -0.2) is 0 Å². The fourth-order valence-electron chi connectivity index (χ4n) is 0.215. The lowest BCUT2D eigenvalue weighted by atomic mass is 10.7. The second-order valence-corrected chi connectivity index (χ2v) is 3.37. The van der Waals surface area contributed by atoms with E-state index in [0.29, 0.717) is 0 Å². The van der Waals surface area contributed by atoms with E-state index in [2.05, 4.69) is 22.6 Å². The zero-order chi connectivity index (χ0) is 6.57. The topological polar surface area (TPSA) is 20.3 Å². The highest BCUT2D eigenvalue weighted by molar-refractivity contribution is 14.1. The van der Waals surface area contributed by atoms with Gasteiger partial charge in [-0.1, -0.05) is 22.6 Å². The van der Waals surface area contributed by atoms with Crippen molar-refractivity contribution in [3.63, 3.8) is 0 Å². The number of alkyl halides is 1. The Kier molecular flexibility index (Phi) is 5.33. The Labute approximate surface area is 76.3 Å². The molecule has 2 nitrogen and oxygen atoms in total. The maximum atomic E-state index is 10.4. The van der Waals surface area contributed by atoms with Crippen molar-refractivity contribution in [2.45, 2.75) is 0 Å². The molecule has 0 spiro atoms. The van der Waals surface area contributed by atoms with E-state index in [0.717, 1.165) is 11.0 Å². The SMILES string of the molecule is CN(CCI)C(=O)I. The minimum absolute atomic E-state index is 0.110. The van der Waals surface area contributed by atoms with Crippen molar-refractivity contribution in [1.82, 2.24) is 4.90 Å². The van der Waals surface area contributed by atoms with E-state index in [9.17, 15) is 4.79 Å². The summed E-state index contributed by atoms with van der Waals surface area (Å²) in [6.45, 7) is 0.850. The Morgan fingerprint density at radius 3 is 2.38 bits per heavy atom. The molecule has 0 heterocycles. The highest BCUT2D eigenvalue weighted by atomic mass is 127. The van der Waals surface area contributed by atoms with Crippen LogP contribution in [-0.2, 0) is 0 Å². The smallest absolute Gasteiger partial charge is 0.282 e. The van der Waals surface area contributed by atoms with Gasteiger partial charge in [-0.15, -0.1) is 0 Å². The lowest BCUT2D eigenvalue weighted by Crippen LogP contribution is -2.22. The summed E-state index contributed by atoms with van der Waals surface area (Å²) in [5.41, 5.74) is 0. The molecule has 8 heavy (non-hydrogen) atoms. The molecule has 0 saturated heterocycles. The molecule has 4 heteroatoms. The van der Waals surface area contributed by atoms with Gasteiger partial charge in [0.2, 0.25) is 0 Å². The first-order chi connectivity index (χ1) is 3.68. The Bertz CT molecular complexity index is 86.1. The average Bonchev–Trinajstić information content (AvgIpc) is 1.67. The molecule has 48 valence electrons. The number of rotatable bonds is 2. The lowest BCUT2D eigenvalue weighted by molar-refractivity contribution is 0.239. The third kappa shape index (κ3) is 3.88. The maximum absolute atomic E-state index is 10.4. The number of hydrogen-bond acceptors (Lipinski definition) is 1. The van der Waals surface area contributed by atoms with Crippen molar-refractivity contribution in [3.05, 3.63) is 0 Å². The van der Waals surface area contributed by atoms with Gasteiger partial charge in [0.25, 0.3) is 3.91 Å². The summed E-state index contributed by atoms with van der Waals surface area (Å²) < 4.78 is 1.11. The van der Waals surface area contributed by atoms with Crippen LogP contribution in [0.2, 0.25) is 0 Å². The van der Waals surface area contributed by atoms with Gasteiger partial charge in [0.15, 0.2) is 0 Å². The van der Waals surface area contributed by atoms with Crippen LogP contribution in [0.3, 0.4) is 0 Å². The van der Waals surface area contributed by atoms with Crippen molar-refractivity contribution in [2.75, 3.05) is 18.0 Å². The summed E-state index contributed by atoms with van der Waals surface area (Å²) in [5.74, 6) is 0. The van der Waals surface area contributed by atoms with E-state index in [-0.39, 0.29) is 3.91 Å². The molecule has 0 aromatic carbocycles. The van der Waals surface area contributed by atoms with E-state index in [1.165, 1.54) is 0 Å². The monoisotopic (exact) mass is 339 g/mol. The van der Waals surface area contributed by atoms with Gasteiger partial charge >= 0.3 is 0 Å². The van der Waals surface area contributed by atoms with Crippen LogP contribution in [0.25, 0.3) is 0 Å².